The zero-order valence-electron chi connectivity index (χ0n) is 9.51. The second kappa shape index (κ2) is 5.75. The Morgan fingerprint density at radius 2 is 1.07 bits per heavy atom. The molecule has 1 saturated carbocycles. The summed E-state index contributed by atoms with van der Waals surface area (Å²) in [4.78, 5) is 2.77. The molecule has 1 saturated heterocycles. The second-order valence-corrected chi connectivity index (χ2v) is 5.10. The second-order valence-electron chi connectivity index (χ2n) is 5.10. The van der Waals surface area contributed by atoms with Gasteiger partial charge in [-0.05, 0) is 38.8 Å². The Labute approximate surface area is 88.9 Å². The van der Waals surface area contributed by atoms with E-state index in [1.807, 2.05) is 0 Å². The van der Waals surface area contributed by atoms with Gasteiger partial charge in [-0.1, -0.05) is 38.5 Å². The van der Waals surface area contributed by atoms with Gasteiger partial charge < -0.3 is 4.90 Å². The van der Waals surface area contributed by atoms with E-state index in [0.29, 0.717) is 0 Å². The first-order chi connectivity index (χ1) is 6.97. The fraction of sp³-hybridized carbons (Fsp3) is 1.00. The zero-order chi connectivity index (χ0) is 9.64. The predicted molar refractivity (Wildman–Crippen MR) is 61.5 cm³/mol. The third-order valence-electron chi connectivity index (χ3n) is 3.98. The lowest BCUT2D eigenvalue weighted by molar-refractivity contribution is 0.213. The van der Waals surface area contributed by atoms with Gasteiger partial charge in [-0.25, -0.2) is 0 Å². The molecule has 0 spiro atoms. The first-order valence-electron chi connectivity index (χ1n) is 6.71. The number of hydrogen-bond acceptors (Lipinski definition) is 1. The predicted octanol–water partition coefficient (Wildman–Crippen LogP) is 3.59. The van der Waals surface area contributed by atoms with Crippen molar-refractivity contribution in [3.63, 3.8) is 0 Å². The molecule has 0 bridgehead atoms. The first kappa shape index (κ1) is 10.5. The summed E-state index contributed by atoms with van der Waals surface area (Å²) in [6.45, 7) is 2.79. The summed E-state index contributed by atoms with van der Waals surface area (Å²) in [7, 11) is 0. The fourth-order valence-corrected chi connectivity index (χ4v) is 3.08. The molecule has 0 unspecified atom stereocenters. The lowest BCUT2D eigenvalue weighted by Gasteiger charge is -2.27. The normalized spacial score (nSPS) is 28.3. The Bertz CT molecular complexity index is 139. The van der Waals surface area contributed by atoms with Gasteiger partial charge in [0.05, 0.1) is 0 Å². The Morgan fingerprint density at radius 3 is 1.64 bits per heavy atom. The minimum Gasteiger partial charge on any atom is -0.300 e. The molecular formula is C13H25N. The van der Waals surface area contributed by atoms with Gasteiger partial charge in [-0.2, -0.15) is 0 Å². The van der Waals surface area contributed by atoms with Crippen LogP contribution in [0, 0.1) is 0 Å². The van der Waals surface area contributed by atoms with Gasteiger partial charge in [0.15, 0.2) is 0 Å². The molecule has 0 aromatic rings. The SMILES string of the molecule is C1CCCCC(N2CCCC2)CCC1. The van der Waals surface area contributed by atoms with Crippen LogP contribution < -0.4 is 0 Å². The van der Waals surface area contributed by atoms with Gasteiger partial charge in [0.2, 0.25) is 0 Å². The van der Waals surface area contributed by atoms with Crippen molar-refractivity contribution in [3.8, 4) is 0 Å². The van der Waals surface area contributed by atoms with E-state index >= 15 is 0 Å². The molecule has 0 radical (unpaired) electrons. The van der Waals surface area contributed by atoms with Crippen molar-refractivity contribution in [2.45, 2.75) is 70.3 Å². The Morgan fingerprint density at radius 1 is 0.571 bits per heavy atom. The van der Waals surface area contributed by atoms with Crippen molar-refractivity contribution in [1.82, 2.24) is 4.90 Å². The Kier molecular flexibility index (Phi) is 4.30. The highest BCUT2D eigenvalue weighted by molar-refractivity contribution is 4.77. The number of nitrogens with zero attached hydrogens (tertiary/aromatic N) is 1. The summed E-state index contributed by atoms with van der Waals surface area (Å²) in [5.74, 6) is 0. The molecular weight excluding hydrogens is 170 g/mol. The van der Waals surface area contributed by atoms with Crippen LogP contribution >= 0.6 is 0 Å². The Hall–Kier alpha value is -0.0400. The smallest absolute Gasteiger partial charge is 0.00952 e. The molecule has 0 atom stereocenters. The minimum absolute atomic E-state index is 0.954. The number of hydrogen-bond donors (Lipinski definition) is 0. The van der Waals surface area contributed by atoms with Crippen LogP contribution in [0.1, 0.15) is 64.2 Å². The maximum Gasteiger partial charge on any atom is 0.00952 e. The van der Waals surface area contributed by atoms with Gasteiger partial charge in [0, 0.05) is 6.04 Å². The van der Waals surface area contributed by atoms with Crippen LogP contribution in [-0.4, -0.2) is 24.0 Å². The average Bonchev–Trinajstić information content (AvgIpc) is 2.75. The molecule has 0 aromatic carbocycles. The zero-order valence-corrected chi connectivity index (χ0v) is 9.51. The van der Waals surface area contributed by atoms with E-state index in [4.69, 9.17) is 0 Å². The summed E-state index contributed by atoms with van der Waals surface area (Å²) >= 11 is 0. The van der Waals surface area contributed by atoms with Crippen LogP contribution in [-0.2, 0) is 0 Å². The van der Waals surface area contributed by atoms with Crippen LogP contribution in [0.5, 0.6) is 0 Å². The maximum atomic E-state index is 2.77. The highest BCUT2D eigenvalue weighted by atomic mass is 15.2. The molecule has 1 aliphatic heterocycles. The number of likely N-dealkylation sites (tertiary alicyclic amines) is 1. The van der Waals surface area contributed by atoms with E-state index in [2.05, 4.69) is 4.90 Å². The quantitative estimate of drug-likeness (QED) is 0.618. The molecule has 0 amide bonds. The minimum atomic E-state index is 0.954. The topological polar surface area (TPSA) is 3.24 Å². The molecule has 1 aliphatic carbocycles. The molecule has 1 heteroatoms. The molecule has 1 heterocycles. The molecule has 14 heavy (non-hydrogen) atoms. The Balaban J connectivity index is 1.80. The summed E-state index contributed by atoms with van der Waals surface area (Å²) in [6, 6.07) is 0.954. The first-order valence-corrected chi connectivity index (χ1v) is 6.71. The van der Waals surface area contributed by atoms with Crippen molar-refractivity contribution in [3.05, 3.63) is 0 Å². The van der Waals surface area contributed by atoms with E-state index in [1.54, 1.807) is 0 Å². The van der Waals surface area contributed by atoms with Gasteiger partial charge in [0.1, 0.15) is 0 Å². The third kappa shape index (κ3) is 2.98. The maximum absolute atomic E-state index is 2.77. The molecule has 2 fully saturated rings. The standard InChI is InChI=1S/C13H25N/c1-2-4-6-10-13(9-5-3-1)14-11-7-8-12-14/h13H,1-12H2. The van der Waals surface area contributed by atoms with Crippen LogP contribution in [0.3, 0.4) is 0 Å². The van der Waals surface area contributed by atoms with Crippen molar-refractivity contribution < 1.29 is 0 Å². The van der Waals surface area contributed by atoms with Crippen molar-refractivity contribution >= 4 is 0 Å². The average molecular weight is 195 g/mol. The molecule has 82 valence electrons. The van der Waals surface area contributed by atoms with E-state index in [0.717, 1.165) is 6.04 Å². The van der Waals surface area contributed by atoms with Crippen LogP contribution in [0.15, 0.2) is 0 Å². The largest absolute Gasteiger partial charge is 0.300 e. The summed E-state index contributed by atoms with van der Waals surface area (Å²) < 4.78 is 0. The monoisotopic (exact) mass is 195 g/mol. The van der Waals surface area contributed by atoms with Gasteiger partial charge in [-0.15, -0.1) is 0 Å². The summed E-state index contributed by atoms with van der Waals surface area (Å²) in [5.41, 5.74) is 0. The van der Waals surface area contributed by atoms with Crippen molar-refractivity contribution in [2.24, 2.45) is 0 Å². The lowest BCUT2D eigenvalue weighted by atomic mass is 10.0. The summed E-state index contributed by atoms with van der Waals surface area (Å²) in [6.07, 6.45) is 14.8. The molecule has 2 aliphatic rings. The molecule has 1 nitrogen and oxygen atoms in total. The van der Waals surface area contributed by atoms with Crippen molar-refractivity contribution in [2.75, 3.05) is 13.1 Å². The van der Waals surface area contributed by atoms with E-state index in [-0.39, 0.29) is 0 Å². The fourth-order valence-electron chi connectivity index (χ4n) is 3.08. The lowest BCUT2D eigenvalue weighted by Crippen LogP contribution is -2.32. The highest BCUT2D eigenvalue weighted by Gasteiger charge is 2.21. The third-order valence-corrected chi connectivity index (χ3v) is 3.98. The van der Waals surface area contributed by atoms with Gasteiger partial charge in [0.25, 0.3) is 0 Å². The van der Waals surface area contributed by atoms with Crippen molar-refractivity contribution in [1.29, 1.82) is 0 Å². The molecule has 0 aromatic heterocycles. The summed E-state index contributed by atoms with van der Waals surface area (Å²) in [5, 5.41) is 0. The number of rotatable bonds is 1. The van der Waals surface area contributed by atoms with Gasteiger partial charge in [-0.3, -0.25) is 0 Å². The van der Waals surface area contributed by atoms with Crippen LogP contribution in [0.2, 0.25) is 0 Å². The van der Waals surface area contributed by atoms with E-state index in [1.165, 1.54) is 77.3 Å². The highest BCUT2D eigenvalue weighted by Crippen LogP contribution is 2.23. The van der Waals surface area contributed by atoms with Crippen LogP contribution in [0.4, 0.5) is 0 Å². The molecule has 0 N–H and O–H groups in total. The molecule has 2 rings (SSSR count). The van der Waals surface area contributed by atoms with E-state index in [9.17, 15) is 0 Å². The van der Waals surface area contributed by atoms with E-state index < -0.39 is 0 Å². The van der Waals surface area contributed by atoms with Crippen LogP contribution in [0.25, 0.3) is 0 Å². The van der Waals surface area contributed by atoms with Gasteiger partial charge >= 0.3 is 0 Å².